The predicted octanol–water partition coefficient (Wildman–Crippen LogP) is 3.32. The Morgan fingerprint density at radius 3 is 2.89 bits per heavy atom. The second-order valence-electron chi connectivity index (χ2n) is 3.68. The smallest absolute Gasteiger partial charge is 0.175 e. The lowest BCUT2D eigenvalue weighted by atomic mass is 10.2. The number of aromatic nitrogens is 2. The Balaban J connectivity index is 2.15. The Bertz CT molecular complexity index is 534. The molecule has 0 unspecified atom stereocenters. The number of nitrogens with one attached hydrogen (secondary N) is 1. The lowest BCUT2D eigenvalue weighted by Gasteiger charge is -2.13. The number of hydrogen-bond acceptors (Lipinski definition) is 6. The van der Waals surface area contributed by atoms with E-state index in [4.69, 9.17) is 9.47 Å². The van der Waals surface area contributed by atoms with Crippen LogP contribution >= 0.6 is 27.5 Å². The summed E-state index contributed by atoms with van der Waals surface area (Å²) in [6.07, 6.45) is 1.70. The molecule has 0 fully saturated rings. The van der Waals surface area contributed by atoms with Crippen LogP contribution in [0, 0.1) is 0 Å². The van der Waals surface area contributed by atoms with E-state index in [0.29, 0.717) is 13.2 Å². The van der Waals surface area contributed by atoms with E-state index in [1.807, 2.05) is 19.1 Å². The Hall–Kier alpha value is -1.34. The second kappa shape index (κ2) is 6.72. The van der Waals surface area contributed by atoms with Crippen LogP contribution in [0.4, 0.5) is 5.00 Å². The highest BCUT2D eigenvalue weighted by atomic mass is 79.9. The topological polar surface area (TPSA) is 56.3 Å². The van der Waals surface area contributed by atoms with E-state index < -0.39 is 0 Å². The molecule has 0 atom stereocenters. The van der Waals surface area contributed by atoms with Gasteiger partial charge in [0.1, 0.15) is 5.00 Å². The first kappa shape index (κ1) is 14.1. The minimum Gasteiger partial charge on any atom is -0.493 e. The zero-order chi connectivity index (χ0) is 13.7. The number of rotatable bonds is 6. The fourth-order valence-electron chi connectivity index (χ4n) is 1.59. The Kier molecular flexibility index (Phi) is 4.98. The Labute approximate surface area is 124 Å². The number of nitrogens with zero attached hydrogens (tertiary/aromatic N) is 2. The van der Waals surface area contributed by atoms with Gasteiger partial charge in [-0.2, -0.15) is 0 Å². The zero-order valence-corrected chi connectivity index (χ0v) is 13.0. The first-order valence-corrected chi connectivity index (χ1v) is 7.31. The van der Waals surface area contributed by atoms with Crippen molar-refractivity contribution in [2.75, 3.05) is 19.0 Å². The molecule has 0 amide bonds. The molecule has 0 aliphatic rings. The van der Waals surface area contributed by atoms with Gasteiger partial charge >= 0.3 is 0 Å². The molecule has 7 heteroatoms. The standard InChI is InChI=1S/C12H14BrN3O2S/c1-3-18-12-9(13)4-8(5-10(12)17-2)6-14-11-7-15-16-19-11/h4-5,7,14H,3,6H2,1-2H3. The predicted molar refractivity (Wildman–Crippen MR) is 79.1 cm³/mol. The molecule has 0 radical (unpaired) electrons. The van der Waals surface area contributed by atoms with Gasteiger partial charge in [-0.05, 0) is 40.5 Å². The van der Waals surface area contributed by atoms with Crippen LogP contribution < -0.4 is 14.8 Å². The molecular weight excluding hydrogens is 330 g/mol. The molecule has 0 saturated carbocycles. The molecule has 0 aliphatic carbocycles. The molecule has 0 saturated heterocycles. The number of ether oxygens (including phenoxy) is 2. The molecule has 102 valence electrons. The molecule has 1 N–H and O–H groups in total. The largest absolute Gasteiger partial charge is 0.493 e. The van der Waals surface area contributed by atoms with E-state index in [9.17, 15) is 0 Å². The number of benzene rings is 1. The molecule has 2 aromatic rings. The van der Waals surface area contributed by atoms with Crippen LogP contribution in [-0.2, 0) is 6.54 Å². The highest BCUT2D eigenvalue weighted by Crippen LogP contribution is 2.36. The molecule has 1 aromatic heterocycles. The Morgan fingerprint density at radius 1 is 1.42 bits per heavy atom. The second-order valence-corrected chi connectivity index (χ2v) is 5.32. The zero-order valence-electron chi connectivity index (χ0n) is 10.6. The molecule has 1 heterocycles. The van der Waals surface area contributed by atoms with Crippen molar-refractivity contribution in [2.24, 2.45) is 0 Å². The molecule has 0 spiro atoms. The summed E-state index contributed by atoms with van der Waals surface area (Å²) in [6.45, 7) is 3.21. The van der Waals surface area contributed by atoms with Crippen molar-refractivity contribution in [3.8, 4) is 11.5 Å². The molecule has 1 aromatic carbocycles. The molecule has 0 bridgehead atoms. The lowest BCUT2D eigenvalue weighted by Crippen LogP contribution is -2.01. The van der Waals surface area contributed by atoms with E-state index in [1.54, 1.807) is 13.3 Å². The van der Waals surface area contributed by atoms with E-state index in [-0.39, 0.29) is 0 Å². The maximum atomic E-state index is 5.55. The van der Waals surface area contributed by atoms with Crippen molar-refractivity contribution >= 4 is 32.5 Å². The van der Waals surface area contributed by atoms with E-state index >= 15 is 0 Å². The summed E-state index contributed by atoms with van der Waals surface area (Å²) in [6, 6.07) is 3.96. The molecule has 5 nitrogen and oxygen atoms in total. The van der Waals surface area contributed by atoms with Crippen molar-refractivity contribution in [3.05, 3.63) is 28.4 Å². The minimum absolute atomic E-state index is 0.596. The van der Waals surface area contributed by atoms with Gasteiger partial charge in [-0.3, -0.25) is 0 Å². The van der Waals surface area contributed by atoms with Crippen LogP contribution in [0.5, 0.6) is 11.5 Å². The van der Waals surface area contributed by atoms with Gasteiger partial charge in [0, 0.05) is 18.1 Å². The average molecular weight is 344 g/mol. The molecule has 19 heavy (non-hydrogen) atoms. The Morgan fingerprint density at radius 2 is 2.26 bits per heavy atom. The molecular formula is C12H14BrN3O2S. The average Bonchev–Trinajstić information content (AvgIpc) is 2.92. The van der Waals surface area contributed by atoms with E-state index in [0.717, 1.165) is 26.5 Å². The van der Waals surface area contributed by atoms with Crippen LogP contribution in [0.15, 0.2) is 22.8 Å². The van der Waals surface area contributed by atoms with Crippen molar-refractivity contribution in [2.45, 2.75) is 13.5 Å². The van der Waals surface area contributed by atoms with Gasteiger partial charge in [-0.25, -0.2) is 0 Å². The maximum absolute atomic E-state index is 5.55. The summed E-state index contributed by atoms with van der Waals surface area (Å²) in [7, 11) is 1.63. The summed E-state index contributed by atoms with van der Waals surface area (Å²) >= 11 is 4.83. The van der Waals surface area contributed by atoms with Crippen molar-refractivity contribution in [1.82, 2.24) is 9.59 Å². The first-order chi connectivity index (χ1) is 9.24. The van der Waals surface area contributed by atoms with Gasteiger partial charge in [0.25, 0.3) is 0 Å². The van der Waals surface area contributed by atoms with Gasteiger partial charge in [0.05, 0.1) is 24.4 Å². The fraction of sp³-hybridized carbons (Fsp3) is 0.333. The minimum atomic E-state index is 0.596. The van der Waals surface area contributed by atoms with Crippen LogP contribution in [-0.4, -0.2) is 23.3 Å². The van der Waals surface area contributed by atoms with Crippen LogP contribution in [0.3, 0.4) is 0 Å². The van der Waals surface area contributed by atoms with Crippen molar-refractivity contribution in [1.29, 1.82) is 0 Å². The van der Waals surface area contributed by atoms with E-state index in [2.05, 4.69) is 30.8 Å². The maximum Gasteiger partial charge on any atom is 0.175 e. The summed E-state index contributed by atoms with van der Waals surface area (Å²) in [5.74, 6) is 1.45. The number of anilines is 1. The van der Waals surface area contributed by atoms with Gasteiger partial charge in [-0.15, -0.1) is 5.10 Å². The first-order valence-electron chi connectivity index (χ1n) is 5.75. The third-order valence-electron chi connectivity index (χ3n) is 2.41. The van der Waals surface area contributed by atoms with Gasteiger partial charge in [0.15, 0.2) is 11.5 Å². The number of methoxy groups -OCH3 is 1. The van der Waals surface area contributed by atoms with Gasteiger partial charge in [0.2, 0.25) is 0 Å². The third kappa shape index (κ3) is 3.57. The van der Waals surface area contributed by atoms with Crippen LogP contribution in [0.2, 0.25) is 0 Å². The van der Waals surface area contributed by atoms with Gasteiger partial charge < -0.3 is 14.8 Å². The fourth-order valence-corrected chi connectivity index (χ4v) is 2.61. The van der Waals surface area contributed by atoms with E-state index in [1.165, 1.54) is 11.5 Å². The lowest BCUT2D eigenvalue weighted by molar-refractivity contribution is 0.308. The summed E-state index contributed by atoms with van der Waals surface area (Å²) in [5, 5.41) is 7.96. The third-order valence-corrected chi connectivity index (χ3v) is 3.62. The summed E-state index contributed by atoms with van der Waals surface area (Å²) < 4.78 is 15.6. The quantitative estimate of drug-likeness (QED) is 0.871. The monoisotopic (exact) mass is 343 g/mol. The summed E-state index contributed by atoms with van der Waals surface area (Å²) in [5.41, 5.74) is 1.08. The van der Waals surface area contributed by atoms with Gasteiger partial charge in [-0.1, -0.05) is 4.49 Å². The number of hydrogen-bond donors (Lipinski definition) is 1. The number of halogens is 1. The normalized spacial score (nSPS) is 10.3. The summed E-state index contributed by atoms with van der Waals surface area (Å²) in [4.78, 5) is 0. The molecule has 2 rings (SSSR count). The van der Waals surface area contributed by atoms with Crippen LogP contribution in [0.1, 0.15) is 12.5 Å². The highest BCUT2D eigenvalue weighted by molar-refractivity contribution is 9.10. The highest BCUT2D eigenvalue weighted by Gasteiger charge is 2.11. The SMILES string of the molecule is CCOc1c(Br)cc(CNc2cnns2)cc1OC. The van der Waals surface area contributed by atoms with Crippen LogP contribution in [0.25, 0.3) is 0 Å². The molecule has 0 aliphatic heterocycles. The van der Waals surface area contributed by atoms with Crippen molar-refractivity contribution in [3.63, 3.8) is 0 Å². The van der Waals surface area contributed by atoms with Crippen molar-refractivity contribution < 1.29 is 9.47 Å².